The predicted molar refractivity (Wildman–Crippen MR) is 168 cm³/mol. The Morgan fingerprint density at radius 1 is 0.707 bits per heavy atom. The zero-order valence-electron chi connectivity index (χ0n) is 23.6. The summed E-state index contributed by atoms with van der Waals surface area (Å²) in [5.74, 6) is 0.522. The molecule has 1 aliphatic rings. The molecule has 0 nitrogen and oxygen atoms in total. The van der Waals surface area contributed by atoms with Crippen molar-refractivity contribution in [2.75, 3.05) is 0 Å². The maximum atomic E-state index is 5.86. The summed E-state index contributed by atoms with van der Waals surface area (Å²) in [6.07, 6.45) is 7.65. The molecule has 0 heterocycles. The van der Waals surface area contributed by atoms with Crippen molar-refractivity contribution in [1.82, 2.24) is 0 Å². The van der Waals surface area contributed by atoms with Gasteiger partial charge in [-0.3, -0.25) is 6.08 Å². The van der Waals surface area contributed by atoms with Gasteiger partial charge in [0.15, 0.2) is 0 Å². The van der Waals surface area contributed by atoms with Crippen molar-refractivity contribution in [3.63, 3.8) is 0 Å². The van der Waals surface area contributed by atoms with E-state index in [1.165, 1.54) is 65.7 Å². The molecule has 0 N–H and O–H groups in total. The van der Waals surface area contributed by atoms with Crippen molar-refractivity contribution in [2.45, 2.75) is 27.7 Å². The van der Waals surface area contributed by atoms with E-state index in [9.17, 15) is 0 Å². The number of hydrogen-bond acceptors (Lipinski definition) is 0. The van der Waals surface area contributed by atoms with Crippen LogP contribution in [-0.2, 0) is 24.2 Å². The normalized spacial score (nSPS) is 13.7. The molecule has 1 unspecified atom stereocenters. The third-order valence-corrected chi connectivity index (χ3v) is 8.51. The van der Waals surface area contributed by atoms with Gasteiger partial charge in [-0.2, -0.15) is 11.6 Å². The molecule has 41 heavy (non-hydrogen) atoms. The molecule has 0 aliphatic heterocycles. The second kappa shape index (κ2) is 16.1. The largest absolute Gasteiger partial charge is 1.00 e. The molecule has 0 fully saturated rings. The van der Waals surface area contributed by atoms with Gasteiger partial charge in [0.2, 0.25) is 0 Å². The fourth-order valence-electron chi connectivity index (χ4n) is 4.36. The minimum atomic E-state index is 0. The van der Waals surface area contributed by atoms with E-state index in [1.54, 1.807) is 0 Å². The van der Waals surface area contributed by atoms with Crippen molar-refractivity contribution in [3.8, 4) is 0 Å². The van der Waals surface area contributed by atoms with Gasteiger partial charge in [-0.15, -0.1) is 39.7 Å². The van der Waals surface area contributed by atoms with E-state index in [1.807, 2.05) is 48.5 Å². The van der Waals surface area contributed by atoms with Gasteiger partial charge in [-0.25, -0.2) is 6.08 Å². The van der Waals surface area contributed by atoms with E-state index in [0.29, 0.717) is 11.3 Å². The number of benzene rings is 4. The minimum absolute atomic E-state index is 0. The van der Waals surface area contributed by atoms with Crippen LogP contribution in [0, 0.1) is 17.4 Å². The first-order chi connectivity index (χ1) is 18.6. The molecule has 0 bridgehead atoms. The summed E-state index contributed by atoms with van der Waals surface area (Å²) in [4.78, 5) is 0. The molecule has 1 aliphatic carbocycles. The predicted octanol–water partition coefficient (Wildman–Crippen LogP) is 4.80. The van der Waals surface area contributed by atoms with Crippen LogP contribution in [0.2, 0.25) is 10.0 Å². The van der Waals surface area contributed by atoms with Gasteiger partial charge in [0.05, 0.1) is 0 Å². The Kier molecular flexibility index (Phi) is 13.9. The van der Waals surface area contributed by atoms with E-state index in [-0.39, 0.29) is 24.8 Å². The number of fused-ring (bicyclic) bond motifs is 3. The Bertz CT molecular complexity index is 1520. The van der Waals surface area contributed by atoms with E-state index in [0.717, 1.165) is 10.0 Å². The first-order valence-electron chi connectivity index (χ1n) is 13.1. The molecule has 5 heteroatoms. The summed E-state index contributed by atoms with van der Waals surface area (Å²) >= 11 is 13.1. The molecule has 210 valence electrons. The molecule has 1 atom stereocenters. The first kappa shape index (κ1) is 35.3. The third kappa shape index (κ3) is 9.84. The van der Waals surface area contributed by atoms with Gasteiger partial charge < -0.3 is 24.8 Å². The molecule has 0 saturated heterocycles. The van der Waals surface area contributed by atoms with Gasteiger partial charge in [-0.05, 0) is 0 Å². The molecule has 5 aromatic carbocycles. The molecule has 0 amide bonds. The molecular formula is C36H32Cl4Zr-2. The summed E-state index contributed by atoms with van der Waals surface area (Å²) < 4.78 is 1.31. The van der Waals surface area contributed by atoms with Gasteiger partial charge in [0.1, 0.15) is 0 Å². The second-order valence-corrected chi connectivity index (χ2v) is 12.8. The van der Waals surface area contributed by atoms with E-state index in [2.05, 4.69) is 101 Å². The van der Waals surface area contributed by atoms with Gasteiger partial charge in [0.25, 0.3) is 0 Å². The van der Waals surface area contributed by atoms with Crippen molar-refractivity contribution in [1.29, 1.82) is 0 Å². The average Bonchev–Trinajstić information content (AvgIpc) is 3.54. The molecule has 6 rings (SSSR count). The van der Waals surface area contributed by atoms with Crippen LogP contribution >= 0.6 is 23.2 Å². The van der Waals surface area contributed by atoms with Crippen LogP contribution in [0.3, 0.4) is 0 Å². The molecule has 0 spiro atoms. The first-order valence-corrected chi connectivity index (χ1v) is 15.1. The van der Waals surface area contributed by atoms with Crippen LogP contribution in [0.15, 0.2) is 121 Å². The summed E-state index contributed by atoms with van der Waals surface area (Å²) in [6.45, 7) is 8.86. The number of rotatable bonds is 2. The van der Waals surface area contributed by atoms with Crippen LogP contribution in [0.1, 0.15) is 38.8 Å². The standard InChI is InChI=1S/C13H8Cl2.C13H9.C10H15.2ClH.Zr/c14-12-5-1-10(2-6-12)9-11-3-7-13(15)8-4-11;1-3-7-12-10(5-1)9-11-6-2-4-8-13(11)12;1-8-5-6-9(7-8)10(2,3)4;;;/h1-8H;1-9H;6-8H,1-4H3;2*1H;/q;2*-1;;;+2/p-2. The fourth-order valence-corrected chi connectivity index (χ4v) is 5.43. The number of allylic oxidation sites excluding steroid dienone is 4. The molecular weight excluding hydrogens is 665 g/mol. The van der Waals surface area contributed by atoms with E-state index < -0.39 is 0 Å². The van der Waals surface area contributed by atoms with Crippen molar-refractivity contribution >= 4 is 48.0 Å². The van der Waals surface area contributed by atoms with E-state index in [4.69, 9.17) is 23.2 Å². The molecule has 0 radical (unpaired) electrons. The van der Waals surface area contributed by atoms with Crippen LogP contribution in [0.5, 0.6) is 0 Å². The maximum absolute atomic E-state index is 5.86. The van der Waals surface area contributed by atoms with Gasteiger partial charge in [-0.1, -0.05) is 75.4 Å². The topological polar surface area (TPSA) is 0 Å². The Morgan fingerprint density at radius 2 is 1.12 bits per heavy atom. The smallest absolute Gasteiger partial charge is 0.0771 e. The van der Waals surface area contributed by atoms with Gasteiger partial charge >= 0.3 is 120 Å². The van der Waals surface area contributed by atoms with Crippen molar-refractivity contribution in [3.05, 3.63) is 148 Å². The van der Waals surface area contributed by atoms with E-state index >= 15 is 0 Å². The van der Waals surface area contributed by atoms with Crippen molar-refractivity contribution < 1.29 is 49.0 Å². The summed E-state index contributed by atoms with van der Waals surface area (Å²) in [5, 5.41) is 6.93. The van der Waals surface area contributed by atoms with Crippen LogP contribution < -0.4 is 24.8 Å². The molecule has 5 aromatic rings. The number of halogens is 4. The quantitative estimate of drug-likeness (QED) is 0.233. The Hall–Kier alpha value is -1.86. The third-order valence-electron chi connectivity index (χ3n) is 6.59. The fraction of sp³-hybridized carbons (Fsp3) is 0.167. The zero-order chi connectivity index (χ0) is 28.0. The van der Waals surface area contributed by atoms with Crippen LogP contribution in [-0.4, -0.2) is 3.21 Å². The Labute approximate surface area is 282 Å². The van der Waals surface area contributed by atoms with Crippen molar-refractivity contribution in [2.24, 2.45) is 11.3 Å². The monoisotopic (exact) mass is 694 g/mol. The summed E-state index contributed by atoms with van der Waals surface area (Å²) in [7, 11) is 0. The van der Waals surface area contributed by atoms with Crippen LogP contribution in [0.4, 0.5) is 0 Å². The molecule has 0 aromatic heterocycles. The minimum Gasteiger partial charge on any atom is -1.00 e. The Morgan fingerprint density at radius 3 is 1.46 bits per heavy atom. The van der Waals surface area contributed by atoms with Gasteiger partial charge in [0, 0.05) is 0 Å². The molecule has 0 saturated carbocycles. The maximum Gasteiger partial charge on any atom is -0.0771 e. The SMILES string of the molecule is CC1[C-]=CC(C(C)(C)C)=C1.Clc1ccc([C](=[Zr+2])c2ccc(Cl)cc2)cc1.[Cl-].[Cl-].c1ccc2c(c1)[cH-]c1ccccc12. The van der Waals surface area contributed by atoms with Crippen LogP contribution in [0.25, 0.3) is 21.5 Å². The second-order valence-electron chi connectivity index (χ2n) is 10.7. The number of hydrogen-bond donors (Lipinski definition) is 0. The Balaban J connectivity index is 0.000000215. The zero-order valence-corrected chi connectivity index (χ0v) is 29.0. The summed E-state index contributed by atoms with van der Waals surface area (Å²) in [5.41, 5.74) is 4.15. The average molecular weight is 698 g/mol. The summed E-state index contributed by atoms with van der Waals surface area (Å²) in [6, 6.07) is 35.1.